The van der Waals surface area contributed by atoms with Crippen LogP contribution in [0, 0.1) is 11.3 Å². The van der Waals surface area contributed by atoms with Gasteiger partial charge in [0.15, 0.2) is 11.5 Å². The molecule has 0 aliphatic carbocycles. The van der Waals surface area contributed by atoms with Gasteiger partial charge in [-0.3, -0.25) is 0 Å². The van der Waals surface area contributed by atoms with Crippen molar-refractivity contribution in [2.75, 3.05) is 12.3 Å². The molecule has 18 heavy (non-hydrogen) atoms. The Morgan fingerprint density at radius 3 is 2.83 bits per heavy atom. The standard InChI is InChI=1S/C12H14N2O2S2/c13-5-1-7-18-12(17)14-6-4-9-2-3-10(15)11(16)8-9/h2-3,8,15-16H,1,4,6-7H2,(H,14,17). The van der Waals surface area contributed by atoms with E-state index in [1.165, 1.54) is 23.9 Å². The van der Waals surface area contributed by atoms with Crippen LogP contribution in [-0.2, 0) is 6.42 Å². The van der Waals surface area contributed by atoms with Crippen molar-refractivity contribution in [3.8, 4) is 17.6 Å². The van der Waals surface area contributed by atoms with E-state index in [0.717, 1.165) is 5.56 Å². The molecular weight excluding hydrogens is 268 g/mol. The molecule has 1 aromatic carbocycles. The fourth-order valence-corrected chi connectivity index (χ4v) is 2.21. The average Bonchev–Trinajstić information content (AvgIpc) is 2.34. The number of rotatable bonds is 5. The summed E-state index contributed by atoms with van der Waals surface area (Å²) in [5.74, 6) is 0.468. The molecule has 0 unspecified atom stereocenters. The highest BCUT2D eigenvalue weighted by Gasteiger charge is 2.01. The predicted octanol–water partition coefficient (Wildman–Crippen LogP) is 2.16. The van der Waals surface area contributed by atoms with E-state index in [1.807, 2.05) is 0 Å². The molecule has 4 nitrogen and oxygen atoms in total. The van der Waals surface area contributed by atoms with E-state index < -0.39 is 0 Å². The van der Waals surface area contributed by atoms with E-state index >= 15 is 0 Å². The third-order valence-electron chi connectivity index (χ3n) is 2.17. The Balaban J connectivity index is 2.27. The minimum atomic E-state index is -0.116. The lowest BCUT2D eigenvalue weighted by Gasteiger charge is -2.07. The summed E-state index contributed by atoms with van der Waals surface area (Å²) < 4.78 is 0.674. The van der Waals surface area contributed by atoms with Crippen LogP contribution in [0.25, 0.3) is 0 Å². The van der Waals surface area contributed by atoms with Gasteiger partial charge in [-0.1, -0.05) is 30.0 Å². The van der Waals surface area contributed by atoms with E-state index in [2.05, 4.69) is 11.4 Å². The van der Waals surface area contributed by atoms with Gasteiger partial charge >= 0.3 is 0 Å². The number of thioether (sulfide) groups is 1. The number of hydrogen-bond donors (Lipinski definition) is 3. The maximum atomic E-state index is 9.32. The molecule has 0 heterocycles. The van der Waals surface area contributed by atoms with Crippen molar-refractivity contribution in [1.82, 2.24) is 5.32 Å². The Kier molecular flexibility index (Phi) is 6.33. The van der Waals surface area contributed by atoms with Crippen molar-refractivity contribution in [2.24, 2.45) is 0 Å². The van der Waals surface area contributed by atoms with Crippen molar-refractivity contribution in [3.05, 3.63) is 23.8 Å². The molecule has 0 bridgehead atoms. The first kappa shape index (κ1) is 14.6. The molecule has 0 saturated carbocycles. The molecule has 0 aliphatic heterocycles. The number of phenolic OH excluding ortho intramolecular Hbond substituents is 2. The molecular formula is C12H14N2O2S2. The van der Waals surface area contributed by atoms with Gasteiger partial charge in [0.05, 0.1) is 6.07 Å². The summed E-state index contributed by atoms with van der Waals surface area (Å²) >= 11 is 6.53. The van der Waals surface area contributed by atoms with Crippen molar-refractivity contribution in [2.45, 2.75) is 12.8 Å². The van der Waals surface area contributed by atoms with Crippen molar-refractivity contribution < 1.29 is 10.2 Å². The Hall–Kier alpha value is -1.45. The summed E-state index contributed by atoms with van der Waals surface area (Å²) in [6.07, 6.45) is 1.19. The quantitative estimate of drug-likeness (QED) is 0.436. The number of benzene rings is 1. The minimum absolute atomic E-state index is 0.113. The van der Waals surface area contributed by atoms with Gasteiger partial charge in [0.2, 0.25) is 0 Å². The van der Waals surface area contributed by atoms with Gasteiger partial charge in [0.1, 0.15) is 4.32 Å². The van der Waals surface area contributed by atoms with Gasteiger partial charge in [-0.2, -0.15) is 5.26 Å². The fraction of sp³-hybridized carbons (Fsp3) is 0.333. The van der Waals surface area contributed by atoms with E-state index in [0.29, 0.717) is 29.5 Å². The van der Waals surface area contributed by atoms with Crippen LogP contribution in [0.3, 0.4) is 0 Å². The fourth-order valence-electron chi connectivity index (χ4n) is 1.27. The molecule has 0 amide bonds. The number of nitrogens with one attached hydrogen (secondary N) is 1. The SMILES string of the molecule is N#CCCSC(=S)NCCc1ccc(O)c(O)c1. The maximum absolute atomic E-state index is 9.32. The number of aromatic hydroxyl groups is 2. The average molecular weight is 282 g/mol. The van der Waals surface area contributed by atoms with Crippen LogP contribution in [0.1, 0.15) is 12.0 Å². The largest absolute Gasteiger partial charge is 0.504 e. The van der Waals surface area contributed by atoms with Crippen LogP contribution >= 0.6 is 24.0 Å². The van der Waals surface area contributed by atoms with Crippen LogP contribution in [0.5, 0.6) is 11.5 Å². The molecule has 0 aliphatic rings. The molecule has 6 heteroatoms. The molecule has 96 valence electrons. The Morgan fingerprint density at radius 1 is 1.39 bits per heavy atom. The Labute approximate surface area is 116 Å². The van der Waals surface area contributed by atoms with E-state index in [9.17, 15) is 5.11 Å². The van der Waals surface area contributed by atoms with Crippen LogP contribution in [0.4, 0.5) is 0 Å². The van der Waals surface area contributed by atoms with Crippen molar-refractivity contribution in [3.63, 3.8) is 0 Å². The van der Waals surface area contributed by atoms with Crippen LogP contribution in [-0.4, -0.2) is 26.8 Å². The number of nitrogens with zero attached hydrogens (tertiary/aromatic N) is 1. The first-order chi connectivity index (χ1) is 8.63. The van der Waals surface area contributed by atoms with E-state index in [1.54, 1.807) is 6.07 Å². The van der Waals surface area contributed by atoms with E-state index in [-0.39, 0.29) is 11.5 Å². The molecule has 0 aromatic heterocycles. The summed E-state index contributed by atoms with van der Waals surface area (Å²) in [6, 6.07) is 6.80. The van der Waals surface area contributed by atoms with Gasteiger partial charge in [0.25, 0.3) is 0 Å². The first-order valence-electron chi connectivity index (χ1n) is 5.42. The summed E-state index contributed by atoms with van der Waals surface area (Å²) in [4.78, 5) is 0. The molecule has 3 N–H and O–H groups in total. The number of nitriles is 1. The lowest BCUT2D eigenvalue weighted by molar-refractivity contribution is 0.403. The number of phenols is 2. The van der Waals surface area contributed by atoms with Gasteiger partial charge in [0, 0.05) is 18.7 Å². The maximum Gasteiger partial charge on any atom is 0.157 e. The van der Waals surface area contributed by atoms with Crippen molar-refractivity contribution >= 4 is 28.3 Å². The van der Waals surface area contributed by atoms with Crippen LogP contribution in [0.2, 0.25) is 0 Å². The number of hydrogen-bond acceptors (Lipinski definition) is 5. The minimum Gasteiger partial charge on any atom is -0.504 e. The zero-order chi connectivity index (χ0) is 13.4. The van der Waals surface area contributed by atoms with Crippen LogP contribution in [0.15, 0.2) is 18.2 Å². The topological polar surface area (TPSA) is 76.3 Å². The molecule has 0 atom stereocenters. The monoisotopic (exact) mass is 282 g/mol. The Bertz CT molecular complexity index is 458. The Morgan fingerprint density at radius 2 is 2.17 bits per heavy atom. The summed E-state index contributed by atoms with van der Waals surface area (Å²) in [6.45, 7) is 0.655. The lowest BCUT2D eigenvalue weighted by atomic mass is 10.1. The number of thiocarbonyl (C=S) groups is 1. The lowest BCUT2D eigenvalue weighted by Crippen LogP contribution is -2.21. The zero-order valence-corrected chi connectivity index (χ0v) is 11.4. The summed E-state index contributed by atoms with van der Waals surface area (Å²) in [5, 5.41) is 29.9. The molecule has 0 saturated heterocycles. The summed E-state index contributed by atoms with van der Waals surface area (Å²) in [5.41, 5.74) is 0.919. The smallest absolute Gasteiger partial charge is 0.157 e. The first-order valence-corrected chi connectivity index (χ1v) is 6.81. The predicted molar refractivity (Wildman–Crippen MR) is 76.8 cm³/mol. The van der Waals surface area contributed by atoms with Crippen molar-refractivity contribution in [1.29, 1.82) is 5.26 Å². The zero-order valence-electron chi connectivity index (χ0n) is 9.72. The second-order valence-electron chi connectivity index (χ2n) is 3.54. The van der Waals surface area contributed by atoms with Gasteiger partial charge in [-0.25, -0.2) is 0 Å². The van der Waals surface area contributed by atoms with Gasteiger partial charge in [-0.05, 0) is 24.1 Å². The molecule has 1 aromatic rings. The molecule has 0 fully saturated rings. The third-order valence-corrected chi connectivity index (χ3v) is 3.48. The van der Waals surface area contributed by atoms with Gasteiger partial charge < -0.3 is 15.5 Å². The second kappa shape index (κ2) is 7.80. The van der Waals surface area contributed by atoms with Gasteiger partial charge in [-0.15, -0.1) is 0 Å². The van der Waals surface area contributed by atoms with E-state index in [4.69, 9.17) is 22.6 Å². The summed E-state index contributed by atoms with van der Waals surface area (Å²) in [7, 11) is 0. The molecule has 0 spiro atoms. The third kappa shape index (κ3) is 5.25. The highest BCUT2D eigenvalue weighted by molar-refractivity contribution is 8.22. The van der Waals surface area contributed by atoms with Crippen LogP contribution < -0.4 is 5.32 Å². The molecule has 0 radical (unpaired) electrons. The normalized spacial score (nSPS) is 9.72. The highest BCUT2D eigenvalue weighted by atomic mass is 32.2. The second-order valence-corrected chi connectivity index (χ2v) is 5.32. The highest BCUT2D eigenvalue weighted by Crippen LogP contribution is 2.24. The molecule has 1 rings (SSSR count).